The first kappa shape index (κ1) is 95.7. The topological polar surface area (TPSA) is 409 Å². The van der Waals surface area contributed by atoms with E-state index in [1.807, 2.05) is 67.7 Å². The summed E-state index contributed by atoms with van der Waals surface area (Å²) >= 11 is 6.81. The molecule has 0 radical (unpaired) electrons. The van der Waals surface area contributed by atoms with Gasteiger partial charge < -0.3 is 105 Å². The van der Waals surface area contributed by atoms with Crippen molar-refractivity contribution in [2.75, 3.05) is 130 Å². The van der Waals surface area contributed by atoms with Gasteiger partial charge in [-0.3, -0.25) is 38.5 Å². The van der Waals surface area contributed by atoms with Gasteiger partial charge in [-0.2, -0.15) is 5.26 Å². The van der Waals surface area contributed by atoms with Gasteiger partial charge in [-0.05, 0) is 170 Å². The zero-order valence-electron chi connectivity index (χ0n) is 70.6. The van der Waals surface area contributed by atoms with Crippen LogP contribution in [0.2, 0.25) is 5.02 Å². The van der Waals surface area contributed by atoms with Gasteiger partial charge >= 0.3 is 18.1 Å². The van der Waals surface area contributed by atoms with Crippen LogP contribution in [0, 0.1) is 31.1 Å². The van der Waals surface area contributed by atoms with Gasteiger partial charge in [0.2, 0.25) is 23.6 Å². The van der Waals surface area contributed by atoms with Crippen molar-refractivity contribution in [2.24, 2.45) is 25.7 Å². The standard InChI is InChI=1S/C86H119ClN14O18/c1-56(2)78(96-76(103)31-35-113-37-39-115-41-43-117-45-46-118-44-42-116-40-38-114-36-33-91-79(106)73(29-30-77(104)105)95-85(112)119-86(5,6)7)81(108)94-72(20-15-32-92-84(89)111)80(107)93-64-23-21-61(62(47-64)53-90-8)55-101(11,12)34-16-19-66-48-59-17-13-14-18-60(59)54-99(66)82(109)69-28-22-63(87)49-71(69)75-51-70(57(3)98(75)10)83(110)100(65-24-26-68(102)27-25-65)74-50-67(52-88)97(9)58(74)4/h13-14,17-18,21-28,47,49-51,56,66,72-73,78,90H,15-16,19-20,29-46,48,53-55H2,1-12H3,(H9-,89,91,92,93,94,95,96,102,103,104,105,106,107,108,111,112)/p+1/t66-,72+,73+,78+/m1/s1. The van der Waals surface area contributed by atoms with Crippen LogP contribution in [0.4, 0.5) is 26.7 Å². The van der Waals surface area contributed by atoms with Crippen molar-refractivity contribution >= 4 is 82.2 Å². The molecule has 0 bridgehead atoms. The predicted molar refractivity (Wildman–Crippen MR) is 450 cm³/mol. The smallest absolute Gasteiger partial charge is 0.408 e. The van der Waals surface area contributed by atoms with Crippen LogP contribution in [0.5, 0.6) is 5.75 Å². The highest BCUT2D eigenvalue weighted by molar-refractivity contribution is 6.31. The molecular weight excluding hydrogens is 1550 g/mol. The van der Waals surface area contributed by atoms with Crippen LogP contribution in [0.15, 0.2) is 97.1 Å². The summed E-state index contributed by atoms with van der Waals surface area (Å²) in [6, 6.07) is 27.0. The van der Waals surface area contributed by atoms with E-state index in [1.165, 1.54) is 22.6 Å². The third-order valence-corrected chi connectivity index (χ3v) is 20.4. The van der Waals surface area contributed by atoms with Crippen LogP contribution in [0.25, 0.3) is 11.3 Å². The van der Waals surface area contributed by atoms with E-state index in [-0.39, 0.29) is 114 Å². The number of carboxylic acid groups (broad SMARTS) is 1. The van der Waals surface area contributed by atoms with E-state index in [9.17, 15) is 43.9 Å². The Labute approximate surface area is 701 Å². The summed E-state index contributed by atoms with van der Waals surface area (Å²) in [5, 5.41) is 49.2. The number of alkyl carbamates (subject to hydrolysis) is 1. The number of carbonyl (C=O) groups is 9. The number of ether oxygens (including phenoxy) is 7. The maximum Gasteiger partial charge on any atom is 0.408 e. The molecule has 11 N–H and O–H groups in total. The number of phenolic OH excluding ortho intramolecular Hbond substituents is 1. The molecule has 648 valence electrons. The van der Waals surface area contributed by atoms with Gasteiger partial charge in [0.1, 0.15) is 47.8 Å². The van der Waals surface area contributed by atoms with E-state index in [2.05, 4.69) is 69.5 Å². The number of halogens is 1. The predicted octanol–water partition coefficient (Wildman–Crippen LogP) is 8.58. The number of carbonyl (C=O) groups excluding carboxylic acids is 8. The summed E-state index contributed by atoms with van der Waals surface area (Å²) < 4.78 is 42.7. The first-order valence-corrected chi connectivity index (χ1v) is 40.6. The van der Waals surface area contributed by atoms with Crippen LogP contribution in [0.1, 0.15) is 140 Å². The summed E-state index contributed by atoms with van der Waals surface area (Å²) in [6.45, 7) is 17.9. The molecule has 1 aliphatic rings. The third kappa shape index (κ3) is 30.4. The fourth-order valence-corrected chi connectivity index (χ4v) is 13.9. The molecule has 7 rings (SSSR count). The Kier molecular flexibility index (Phi) is 38.1. The largest absolute Gasteiger partial charge is 0.508 e. The number of benzene rings is 4. The van der Waals surface area contributed by atoms with Gasteiger partial charge in [-0.1, -0.05) is 55.8 Å². The molecule has 6 aromatic rings. The molecule has 0 aliphatic carbocycles. The minimum atomic E-state index is -1.10. The van der Waals surface area contributed by atoms with E-state index < -0.39 is 65.4 Å². The number of aliphatic carboxylic acids is 1. The van der Waals surface area contributed by atoms with Crippen molar-refractivity contribution in [1.29, 1.82) is 5.26 Å². The lowest BCUT2D eigenvalue weighted by Gasteiger charge is -2.38. The van der Waals surface area contributed by atoms with Gasteiger partial charge in [0.25, 0.3) is 11.8 Å². The number of hydrogen-bond acceptors (Lipinski definition) is 19. The lowest BCUT2D eigenvalue weighted by atomic mass is 9.90. The molecule has 32 nitrogen and oxygen atoms in total. The number of anilines is 3. The van der Waals surface area contributed by atoms with Gasteiger partial charge in [0.15, 0.2) is 0 Å². The molecule has 3 heterocycles. The van der Waals surface area contributed by atoms with Gasteiger partial charge in [0.05, 0.1) is 111 Å². The molecule has 1 aliphatic heterocycles. The second kappa shape index (κ2) is 47.4. The Morgan fingerprint density at radius 1 is 0.681 bits per heavy atom. The monoisotopic (exact) mass is 1670 g/mol. The van der Waals surface area contributed by atoms with E-state index in [1.54, 1.807) is 88.7 Å². The van der Waals surface area contributed by atoms with Gasteiger partial charge in [0, 0.05) is 109 Å². The molecule has 0 unspecified atom stereocenters. The SMILES string of the molecule is CNCc1cc(NC(=O)[C@H](CCCNC(N)=O)NC(=O)[C@@H](NC(=O)CCOCCOCCOCCOCCOCCOCCNC(=O)[C@H](CCC(=O)O)NC(=O)OC(C)(C)C)C(C)C)ccc1C[N+](C)(C)CCC[C@@H]1Cc2ccccc2CN1C(=O)c1ccc(Cl)cc1-c1cc(C(=O)N(c2ccc(O)cc2)c2cc(C#N)n(C)c2C)c(C)n1C. The molecule has 0 spiro atoms. The second-order valence-electron chi connectivity index (χ2n) is 31.3. The normalized spacial score (nSPS) is 13.5. The number of hydrogen-bond donors (Lipinski definition) is 10. The maximum absolute atomic E-state index is 15.5. The minimum Gasteiger partial charge on any atom is -0.508 e. The molecule has 2 aromatic heterocycles. The average Bonchev–Trinajstić information content (AvgIpc) is 1.64. The zero-order valence-corrected chi connectivity index (χ0v) is 71.3. The maximum atomic E-state index is 15.5. The number of aromatic nitrogens is 2. The number of amides is 9. The lowest BCUT2D eigenvalue weighted by Crippen LogP contribution is -2.54. The van der Waals surface area contributed by atoms with Crippen molar-refractivity contribution in [3.8, 4) is 23.1 Å². The number of nitrogens with two attached hydrogens (primary N) is 1. The lowest BCUT2D eigenvalue weighted by molar-refractivity contribution is -0.903. The van der Waals surface area contributed by atoms with Crippen molar-refractivity contribution in [3.63, 3.8) is 0 Å². The Bertz CT molecular complexity index is 4440. The second-order valence-corrected chi connectivity index (χ2v) is 31.7. The number of phenols is 1. The quantitative estimate of drug-likeness (QED) is 0.0126. The number of nitrogens with zero attached hydrogens (tertiary/aromatic N) is 6. The van der Waals surface area contributed by atoms with E-state index in [0.717, 1.165) is 29.7 Å². The highest BCUT2D eigenvalue weighted by Crippen LogP contribution is 2.38. The van der Waals surface area contributed by atoms with E-state index >= 15 is 9.59 Å². The molecule has 0 saturated carbocycles. The Balaban J connectivity index is 0.855. The Hall–Kier alpha value is -10.5. The molecule has 0 saturated heterocycles. The van der Waals surface area contributed by atoms with Crippen molar-refractivity contribution < 1.29 is 91.0 Å². The first-order chi connectivity index (χ1) is 56.7. The fraction of sp³-hybridized carbons (Fsp3) is 0.512. The average molecular weight is 1670 g/mol. The van der Waals surface area contributed by atoms with Gasteiger partial charge in [-0.15, -0.1) is 0 Å². The van der Waals surface area contributed by atoms with Crippen molar-refractivity contribution in [3.05, 3.63) is 153 Å². The van der Waals surface area contributed by atoms with Crippen LogP contribution in [-0.4, -0.2) is 232 Å². The van der Waals surface area contributed by atoms with Crippen LogP contribution in [-0.2, 0) is 97.3 Å². The minimum absolute atomic E-state index is 0.0266. The Morgan fingerprint density at radius 2 is 1.30 bits per heavy atom. The number of quaternary nitrogens is 1. The highest BCUT2D eigenvalue weighted by atomic mass is 35.5. The zero-order chi connectivity index (χ0) is 86.9. The summed E-state index contributed by atoms with van der Waals surface area (Å²) in [6.07, 6.45) is 1.20. The van der Waals surface area contributed by atoms with E-state index in [0.29, 0.717) is 138 Å². The highest BCUT2D eigenvalue weighted by Gasteiger charge is 2.36. The molecule has 119 heavy (non-hydrogen) atoms. The number of primary amides is 1. The summed E-state index contributed by atoms with van der Waals surface area (Å²) in [5.74, 6) is -4.07. The van der Waals surface area contributed by atoms with Crippen LogP contribution in [0.3, 0.4) is 0 Å². The molecular formula is C86H120ClN14O18+. The van der Waals surface area contributed by atoms with Crippen LogP contribution >= 0.6 is 11.6 Å². The third-order valence-electron chi connectivity index (χ3n) is 20.2. The number of nitrogens with one attached hydrogen (secondary N) is 7. The summed E-state index contributed by atoms with van der Waals surface area (Å²) in [4.78, 5) is 123. The summed E-state index contributed by atoms with van der Waals surface area (Å²) in [7, 11) is 9.79. The van der Waals surface area contributed by atoms with Crippen molar-refractivity contribution in [1.82, 2.24) is 45.9 Å². The Morgan fingerprint density at radius 3 is 1.90 bits per heavy atom. The number of carboxylic acids is 1. The van der Waals surface area contributed by atoms with Crippen LogP contribution < -0.4 is 47.9 Å². The van der Waals surface area contributed by atoms with Crippen molar-refractivity contribution in [2.45, 2.75) is 149 Å². The number of fused-ring (bicyclic) bond motifs is 1. The van der Waals surface area contributed by atoms with Gasteiger partial charge in [-0.25, -0.2) is 9.59 Å². The summed E-state index contributed by atoms with van der Waals surface area (Å²) in [5.41, 5.74) is 13.9. The molecule has 4 atom stereocenters. The molecule has 4 aromatic carbocycles. The number of nitriles is 1. The molecule has 0 fully saturated rings. The number of urea groups is 1. The first-order valence-electron chi connectivity index (χ1n) is 40.2. The molecule has 9 amide bonds. The van der Waals surface area contributed by atoms with E-state index in [4.69, 9.17) is 55.6 Å². The fourth-order valence-electron chi connectivity index (χ4n) is 13.7. The molecule has 33 heteroatoms. The number of rotatable bonds is 49. The number of aromatic hydroxyl groups is 1.